The van der Waals surface area contributed by atoms with Crippen molar-refractivity contribution in [2.75, 3.05) is 13.1 Å². The third-order valence-electron chi connectivity index (χ3n) is 3.46. The van der Waals surface area contributed by atoms with E-state index in [0.717, 1.165) is 30.9 Å². The molecule has 0 aromatic carbocycles. The first-order valence-corrected chi connectivity index (χ1v) is 5.32. The molecule has 1 fully saturated rings. The molecule has 1 aliphatic heterocycles. The average molecular weight is 181 g/mol. The zero-order valence-corrected chi connectivity index (χ0v) is 8.51. The molecule has 0 bridgehead atoms. The van der Waals surface area contributed by atoms with Crippen LogP contribution in [0.1, 0.15) is 26.7 Å². The molecule has 3 nitrogen and oxygen atoms in total. The molecule has 0 radical (unpaired) electrons. The molecule has 2 rings (SSSR count). The highest BCUT2D eigenvalue weighted by molar-refractivity contribution is 5.81. The third kappa shape index (κ3) is 1.79. The van der Waals surface area contributed by atoms with Crippen LogP contribution in [0.4, 0.5) is 0 Å². The van der Waals surface area contributed by atoms with E-state index in [1.165, 1.54) is 12.8 Å². The summed E-state index contributed by atoms with van der Waals surface area (Å²) in [5.41, 5.74) is 0. The fourth-order valence-electron chi connectivity index (χ4n) is 2.24. The molecule has 0 spiro atoms. The van der Waals surface area contributed by atoms with Gasteiger partial charge >= 0.3 is 0 Å². The molecule has 3 heteroatoms. The molecule has 2 N–H and O–H groups in total. The van der Waals surface area contributed by atoms with E-state index in [1.807, 2.05) is 0 Å². The van der Waals surface area contributed by atoms with Crippen LogP contribution >= 0.6 is 0 Å². The van der Waals surface area contributed by atoms with Crippen LogP contribution in [0.2, 0.25) is 0 Å². The molecule has 1 heterocycles. The summed E-state index contributed by atoms with van der Waals surface area (Å²) in [4.78, 5) is 4.35. The minimum atomic E-state index is 0.638. The SMILES string of the molecule is CC1CCC(NC2=NCCN2)C1C. The van der Waals surface area contributed by atoms with Crippen LogP contribution in [0.15, 0.2) is 4.99 Å². The number of hydrogen-bond donors (Lipinski definition) is 2. The van der Waals surface area contributed by atoms with Gasteiger partial charge in [-0.15, -0.1) is 0 Å². The molecule has 3 unspecified atom stereocenters. The summed E-state index contributed by atoms with van der Waals surface area (Å²) in [7, 11) is 0. The number of aliphatic imine (C=N–C) groups is 1. The van der Waals surface area contributed by atoms with E-state index in [9.17, 15) is 0 Å². The van der Waals surface area contributed by atoms with E-state index >= 15 is 0 Å². The van der Waals surface area contributed by atoms with Gasteiger partial charge < -0.3 is 10.6 Å². The van der Waals surface area contributed by atoms with Crippen molar-refractivity contribution in [2.45, 2.75) is 32.7 Å². The molecular weight excluding hydrogens is 162 g/mol. The van der Waals surface area contributed by atoms with Gasteiger partial charge in [0.05, 0.1) is 6.54 Å². The molecular formula is C10H19N3. The Labute approximate surface area is 80.0 Å². The van der Waals surface area contributed by atoms with Crippen molar-refractivity contribution in [3.05, 3.63) is 0 Å². The van der Waals surface area contributed by atoms with Gasteiger partial charge in [-0.3, -0.25) is 4.99 Å². The molecule has 0 aromatic rings. The van der Waals surface area contributed by atoms with Crippen LogP contribution in [0.25, 0.3) is 0 Å². The van der Waals surface area contributed by atoms with Crippen molar-refractivity contribution >= 4 is 5.96 Å². The first-order valence-electron chi connectivity index (χ1n) is 5.32. The summed E-state index contributed by atoms with van der Waals surface area (Å²) in [5, 5.41) is 6.75. The Balaban J connectivity index is 1.88. The maximum Gasteiger partial charge on any atom is 0.191 e. The average Bonchev–Trinajstić information content (AvgIpc) is 2.71. The maximum atomic E-state index is 4.35. The molecule has 1 aliphatic carbocycles. The monoisotopic (exact) mass is 181 g/mol. The summed E-state index contributed by atoms with van der Waals surface area (Å²) in [6, 6.07) is 0.638. The zero-order chi connectivity index (χ0) is 9.26. The Morgan fingerprint density at radius 2 is 2.23 bits per heavy atom. The standard InChI is InChI=1S/C10H19N3/c1-7-3-4-9(8(7)2)13-10-11-5-6-12-10/h7-9H,3-6H2,1-2H3,(H2,11,12,13). The zero-order valence-electron chi connectivity index (χ0n) is 8.51. The van der Waals surface area contributed by atoms with Gasteiger partial charge in [0.25, 0.3) is 0 Å². The van der Waals surface area contributed by atoms with E-state index in [-0.39, 0.29) is 0 Å². The lowest BCUT2D eigenvalue weighted by Crippen LogP contribution is -2.42. The van der Waals surface area contributed by atoms with E-state index in [0.29, 0.717) is 6.04 Å². The quantitative estimate of drug-likeness (QED) is 0.632. The van der Waals surface area contributed by atoms with Crippen molar-refractivity contribution in [1.29, 1.82) is 0 Å². The lowest BCUT2D eigenvalue weighted by molar-refractivity contribution is 0.401. The van der Waals surface area contributed by atoms with Crippen LogP contribution in [-0.4, -0.2) is 25.1 Å². The second-order valence-corrected chi connectivity index (χ2v) is 4.32. The van der Waals surface area contributed by atoms with Gasteiger partial charge in [0.15, 0.2) is 5.96 Å². The van der Waals surface area contributed by atoms with Gasteiger partial charge in [-0.2, -0.15) is 0 Å². The van der Waals surface area contributed by atoms with Crippen LogP contribution in [-0.2, 0) is 0 Å². The Kier molecular flexibility index (Phi) is 2.42. The topological polar surface area (TPSA) is 36.4 Å². The van der Waals surface area contributed by atoms with Crippen molar-refractivity contribution < 1.29 is 0 Å². The molecule has 0 saturated heterocycles. The van der Waals surface area contributed by atoms with Crippen LogP contribution in [0, 0.1) is 11.8 Å². The molecule has 74 valence electrons. The van der Waals surface area contributed by atoms with Gasteiger partial charge in [0.2, 0.25) is 0 Å². The highest BCUT2D eigenvalue weighted by Crippen LogP contribution is 2.30. The summed E-state index contributed by atoms with van der Waals surface area (Å²) < 4.78 is 0. The van der Waals surface area contributed by atoms with Gasteiger partial charge in [-0.1, -0.05) is 13.8 Å². The number of hydrogen-bond acceptors (Lipinski definition) is 3. The molecule has 2 aliphatic rings. The largest absolute Gasteiger partial charge is 0.355 e. The molecule has 3 atom stereocenters. The fourth-order valence-corrected chi connectivity index (χ4v) is 2.24. The van der Waals surface area contributed by atoms with Crippen molar-refractivity contribution in [3.8, 4) is 0 Å². The molecule has 0 aromatic heterocycles. The number of nitrogens with zero attached hydrogens (tertiary/aromatic N) is 1. The lowest BCUT2D eigenvalue weighted by Gasteiger charge is -2.20. The first-order chi connectivity index (χ1) is 6.27. The summed E-state index contributed by atoms with van der Waals surface area (Å²) in [6.07, 6.45) is 2.65. The van der Waals surface area contributed by atoms with Crippen LogP contribution in [0.5, 0.6) is 0 Å². The molecule has 13 heavy (non-hydrogen) atoms. The Hall–Kier alpha value is -0.730. The fraction of sp³-hybridized carbons (Fsp3) is 0.900. The van der Waals surface area contributed by atoms with Gasteiger partial charge in [0, 0.05) is 12.6 Å². The number of rotatable bonds is 1. The van der Waals surface area contributed by atoms with Crippen molar-refractivity contribution in [3.63, 3.8) is 0 Å². The highest BCUT2D eigenvalue weighted by atomic mass is 15.2. The normalized spacial score (nSPS) is 38.6. The van der Waals surface area contributed by atoms with Crippen molar-refractivity contribution in [1.82, 2.24) is 10.6 Å². The predicted molar refractivity (Wildman–Crippen MR) is 54.8 cm³/mol. The van der Waals surface area contributed by atoms with Gasteiger partial charge in [0.1, 0.15) is 0 Å². The minimum absolute atomic E-state index is 0.638. The second-order valence-electron chi connectivity index (χ2n) is 4.32. The molecule has 0 amide bonds. The van der Waals surface area contributed by atoms with Gasteiger partial charge in [-0.05, 0) is 24.7 Å². The molecule has 1 saturated carbocycles. The Morgan fingerprint density at radius 1 is 1.38 bits per heavy atom. The lowest BCUT2D eigenvalue weighted by atomic mass is 9.98. The third-order valence-corrected chi connectivity index (χ3v) is 3.46. The van der Waals surface area contributed by atoms with E-state index < -0.39 is 0 Å². The second kappa shape index (κ2) is 3.56. The minimum Gasteiger partial charge on any atom is -0.355 e. The smallest absolute Gasteiger partial charge is 0.191 e. The summed E-state index contributed by atoms with van der Waals surface area (Å²) in [6.45, 7) is 6.61. The van der Waals surface area contributed by atoms with E-state index in [1.54, 1.807) is 0 Å². The predicted octanol–water partition coefficient (Wildman–Crippen LogP) is 0.970. The summed E-state index contributed by atoms with van der Waals surface area (Å²) >= 11 is 0. The number of guanidine groups is 1. The Bertz CT molecular complexity index is 212. The van der Waals surface area contributed by atoms with Crippen molar-refractivity contribution in [2.24, 2.45) is 16.8 Å². The van der Waals surface area contributed by atoms with E-state index in [4.69, 9.17) is 0 Å². The number of nitrogens with one attached hydrogen (secondary N) is 2. The van der Waals surface area contributed by atoms with Crippen LogP contribution in [0.3, 0.4) is 0 Å². The van der Waals surface area contributed by atoms with Gasteiger partial charge in [-0.25, -0.2) is 0 Å². The Morgan fingerprint density at radius 3 is 2.77 bits per heavy atom. The first kappa shape index (κ1) is 8.85. The van der Waals surface area contributed by atoms with Crippen LogP contribution < -0.4 is 10.6 Å². The van der Waals surface area contributed by atoms with E-state index in [2.05, 4.69) is 29.5 Å². The highest BCUT2D eigenvalue weighted by Gasteiger charge is 2.30. The maximum absolute atomic E-state index is 4.35. The summed E-state index contributed by atoms with van der Waals surface area (Å²) in [5.74, 6) is 2.66.